The molecule has 2 heterocycles. The molecule has 1 aromatic heterocycles. The van der Waals surface area contributed by atoms with Crippen molar-refractivity contribution in [3.8, 4) is 0 Å². The Kier molecular flexibility index (Phi) is 4.47. The maximum absolute atomic E-state index is 13.2. The molecule has 0 bridgehead atoms. The van der Waals surface area contributed by atoms with Crippen LogP contribution in [0.2, 0.25) is 0 Å². The summed E-state index contributed by atoms with van der Waals surface area (Å²) >= 11 is 0. The monoisotopic (exact) mass is 402 g/mol. The number of halogens is 1. The second-order valence-corrected chi connectivity index (χ2v) is 7.51. The van der Waals surface area contributed by atoms with E-state index in [1.807, 2.05) is 17.0 Å². The minimum Gasteiger partial charge on any atom is -0.408 e. The van der Waals surface area contributed by atoms with E-state index < -0.39 is 5.76 Å². The maximum Gasteiger partial charge on any atom is 0.420 e. The summed E-state index contributed by atoms with van der Waals surface area (Å²) in [7, 11) is 0. The highest BCUT2D eigenvalue weighted by Crippen LogP contribution is 2.22. The maximum atomic E-state index is 13.2. The Morgan fingerprint density at radius 1 is 1.00 bits per heavy atom. The van der Waals surface area contributed by atoms with Gasteiger partial charge in [0.15, 0.2) is 5.58 Å². The van der Waals surface area contributed by atoms with Gasteiger partial charge < -0.3 is 9.32 Å². The van der Waals surface area contributed by atoms with Crippen molar-refractivity contribution in [2.24, 2.45) is 0 Å². The molecule has 0 saturated carbocycles. The summed E-state index contributed by atoms with van der Waals surface area (Å²) in [6.07, 6.45) is 0.825. The fourth-order valence-corrected chi connectivity index (χ4v) is 3.97. The molecule has 0 unspecified atom stereocenters. The largest absolute Gasteiger partial charge is 0.420 e. The molecule has 1 aliphatic rings. The molecule has 0 aliphatic carbocycles. The SMILES string of the molecule is O=C(c1ccc2oc(=O)n(Cc3ccc(F)cc3)c2c1)N1CCc2ccccc2C1. The normalized spacial score (nSPS) is 13.4. The number of amides is 1. The third-order valence-electron chi connectivity index (χ3n) is 5.59. The number of benzene rings is 3. The van der Waals surface area contributed by atoms with E-state index >= 15 is 0 Å². The Balaban J connectivity index is 1.46. The summed E-state index contributed by atoms with van der Waals surface area (Å²) in [5.74, 6) is -0.918. The summed E-state index contributed by atoms with van der Waals surface area (Å²) in [5, 5.41) is 0. The molecular weight excluding hydrogens is 383 g/mol. The lowest BCUT2D eigenvalue weighted by Crippen LogP contribution is -2.35. The number of carbonyl (C=O) groups is 1. The second-order valence-electron chi connectivity index (χ2n) is 7.51. The van der Waals surface area contributed by atoms with Gasteiger partial charge in [-0.25, -0.2) is 9.18 Å². The first-order chi connectivity index (χ1) is 14.6. The summed E-state index contributed by atoms with van der Waals surface area (Å²) in [6, 6.07) is 19.2. The van der Waals surface area contributed by atoms with Gasteiger partial charge >= 0.3 is 5.76 Å². The van der Waals surface area contributed by atoms with E-state index in [9.17, 15) is 14.0 Å². The van der Waals surface area contributed by atoms with Crippen LogP contribution in [0.3, 0.4) is 0 Å². The van der Waals surface area contributed by atoms with E-state index in [1.165, 1.54) is 22.3 Å². The van der Waals surface area contributed by atoms with Crippen molar-refractivity contribution in [1.29, 1.82) is 0 Å². The second kappa shape index (κ2) is 7.30. The van der Waals surface area contributed by atoms with Gasteiger partial charge in [0.05, 0.1) is 12.1 Å². The van der Waals surface area contributed by atoms with Crippen LogP contribution in [0.1, 0.15) is 27.0 Å². The number of hydrogen-bond acceptors (Lipinski definition) is 3. The van der Waals surface area contributed by atoms with Crippen LogP contribution in [-0.2, 0) is 19.5 Å². The first kappa shape index (κ1) is 18.4. The van der Waals surface area contributed by atoms with E-state index in [-0.39, 0.29) is 18.3 Å². The lowest BCUT2D eigenvalue weighted by Gasteiger charge is -2.29. The Bertz CT molecular complexity index is 1300. The molecule has 0 N–H and O–H groups in total. The average Bonchev–Trinajstić information content (AvgIpc) is 3.08. The molecule has 150 valence electrons. The molecular formula is C24H19FN2O3. The molecule has 5 rings (SSSR count). The summed E-state index contributed by atoms with van der Waals surface area (Å²) in [6.45, 7) is 1.46. The molecule has 3 aromatic carbocycles. The van der Waals surface area contributed by atoms with Crippen LogP contribution in [0.25, 0.3) is 11.1 Å². The van der Waals surface area contributed by atoms with Crippen molar-refractivity contribution in [2.75, 3.05) is 6.54 Å². The number of rotatable bonds is 3. The Morgan fingerprint density at radius 3 is 2.57 bits per heavy atom. The Labute approximate surface area is 172 Å². The predicted octanol–water partition coefficient (Wildman–Crippen LogP) is 3.98. The van der Waals surface area contributed by atoms with Gasteiger partial charge in [-0.1, -0.05) is 36.4 Å². The molecule has 0 saturated heterocycles. The van der Waals surface area contributed by atoms with Crippen molar-refractivity contribution in [3.05, 3.63) is 105 Å². The standard InChI is InChI=1S/C24H19FN2O3/c25-20-8-5-16(6-9-20)14-27-21-13-18(7-10-22(21)30-24(27)29)23(28)26-12-11-17-3-1-2-4-19(17)15-26/h1-10,13H,11-12,14-15H2. The summed E-state index contributed by atoms with van der Waals surface area (Å²) < 4.78 is 20.0. The molecule has 4 aromatic rings. The van der Waals surface area contributed by atoms with E-state index in [1.54, 1.807) is 30.3 Å². The number of aromatic nitrogens is 1. The molecule has 5 nitrogen and oxygen atoms in total. The molecule has 30 heavy (non-hydrogen) atoms. The molecule has 0 atom stereocenters. The van der Waals surface area contributed by atoms with Gasteiger partial charge in [-0.15, -0.1) is 0 Å². The van der Waals surface area contributed by atoms with Gasteiger partial charge in [0, 0.05) is 18.7 Å². The van der Waals surface area contributed by atoms with Gasteiger partial charge in [-0.3, -0.25) is 9.36 Å². The number of oxazole rings is 1. The molecule has 0 fully saturated rings. The van der Waals surface area contributed by atoms with Crippen LogP contribution in [0, 0.1) is 5.82 Å². The first-order valence-corrected chi connectivity index (χ1v) is 9.82. The summed E-state index contributed by atoms with van der Waals surface area (Å²) in [4.78, 5) is 27.3. The van der Waals surface area contributed by atoms with Crippen LogP contribution < -0.4 is 5.76 Å². The predicted molar refractivity (Wildman–Crippen MR) is 111 cm³/mol. The van der Waals surface area contributed by atoms with Gasteiger partial charge in [0.2, 0.25) is 0 Å². The van der Waals surface area contributed by atoms with Gasteiger partial charge in [-0.2, -0.15) is 0 Å². The average molecular weight is 402 g/mol. The van der Waals surface area contributed by atoms with Gasteiger partial charge in [-0.05, 0) is 53.4 Å². The number of fused-ring (bicyclic) bond motifs is 2. The Morgan fingerprint density at radius 2 is 1.77 bits per heavy atom. The van der Waals surface area contributed by atoms with Gasteiger partial charge in [0.1, 0.15) is 5.82 Å². The van der Waals surface area contributed by atoms with Crippen LogP contribution in [0.4, 0.5) is 4.39 Å². The van der Waals surface area contributed by atoms with E-state index in [4.69, 9.17) is 4.42 Å². The number of hydrogen-bond donors (Lipinski definition) is 0. The minimum absolute atomic E-state index is 0.0756. The highest BCUT2D eigenvalue weighted by atomic mass is 19.1. The topological polar surface area (TPSA) is 55.5 Å². The van der Waals surface area contributed by atoms with Gasteiger partial charge in [0.25, 0.3) is 5.91 Å². The third kappa shape index (κ3) is 3.30. The first-order valence-electron chi connectivity index (χ1n) is 9.82. The highest BCUT2D eigenvalue weighted by Gasteiger charge is 2.22. The van der Waals surface area contributed by atoms with Crippen molar-refractivity contribution < 1.29 is 13.6 Å². The molecule has 1 aliphatic heterocycles. The lowest BCUT2D eigenvalue weighted by molar-refractivity contribution is 0.0735. The van der Waals surface area contributed by atoms with Crippen molar-refractivity contribution in [2.45, 2.75) is 19.5 Å². The van der Waals surface area contributed by atoms with E-state index in [0.717, 1.165) is 17.5 Å². The van der Waals surface area contributed by atoms with E-state index in [2.05, 4.69) is 12.1 Å². The zero-order valence-electron chi connectivity index (χ0n) is 16.2. The minimum atomic E-state index is -0.508. The van der Waals surface area contributed by atoms with Crippen molar-refractivity contribution in [3.63, 3.8) is 0 Å². The lowest BCUT2D eigenvalue weighted by atomic mass is 9.99. The fourth-order valence-electron chi connectivity index (χ4n) is 3.97. The number of nitrogens with zero attached hydrogens (tertiary/aromatic N) is 2. The quantitative estimate of drug-likeness (QED) is 0.521. The highest BCUT2D eigenvalue weighted by molar-refractivity contribution is 5.97. The summed E-state index contributed by atoms with van der Waals surface area (Å²) in [5.41, 5.74) is 4.69. The number of carbonyl (C=O) groups excluding carboxylic acids is 1. The van der Waals surface area contributed by atoms with Crippen LogP contribution in [0.5, 0.6) is 0 Å². The van der Waals surface area contributed by atoms with E-state index in [0.29, 0.717) is 29.8 Å². The molecule has 6 heteroatoms. The van der Waals surface area contributed by atoms with Crippen LogP contribution >= 0.6 is 0 Å². The zero-order valence-corrected chi connectivity index (χ0v) is 16.2. The van der Waals surface area contributed by atoms with Crippen molar-refractivity contribution >= 4 is 17.0 Å². The molecule has 0 spiro atoms. The van der Waals surface area contributed by atoms with Crippen LogP contribution in [0.15, 0.2) is 75.9 Å². The fraction of sp³-hybridized carbons (Fsp3) is 0.167. The molecule has 1 amide bonds. The zero-order chi connectivity index (χ0) is 20.7. The smallest absolute Gasteiger partial charge is 0.408 e. The Hall–Kier alpha value is -3.67. The third-order valence-corrected chi connectivity index (χ3v) is 5.59. The van der Waals surface area contributed by atoms with Crippen LogP contribution in [-0.4, -0.2) is 21.9 Å². The van der Waals surface area contributed by atoms with Crippen molar-refractivity contribution in [1.82, 2.24) is 9.47 Å². The molecule has 0 radical (unpaired) electrons.